The number of fused-ring (bicyclic) bond motifs is 2. The number of amides is 2. The lowest BCUT2D eigenvalue weighted by Gasteiger charge is -2.37. The summed E-state index contributed by atoms with van der Waals surface area (Å²) in [6.45, 7) is 7.60. The quantitative estimate of drug-likeness (QED) is 0.835. The van der Waals surface area contributed by atoms with Crippen LogP contribution in [0.2, 0.25) is 0 Å². The zero-order valence-electron chi connectivity index (χ0n) is 16.2. The molecule has 2 fully saturated rings. The number of carbonyl (C=O) groups excluding carboxylic acids is 2. The molecule has 1 aromatic heterocycles. The Bertz CT molecular complexity index is 834. The average Bonchev–Trinajstić information content (AvgIpc) is 3.23. The Morgan fingerprint density at radius 3 is 2.70 bits per heavy atom. The monoisotopic (exact) mass is 369 g/mol. The van der Waals surface area contributed by atoms with Crippen molar-refractivity contribution < 1.29 is 14.3 Å². The Balaban J connectivity index is 1.50. The average molecular weight is 369 g/mol. The summed E-state index contributed by atoms with van der Waals surface area (Å²) < 4.78 is 5.58. The second-order valence-electron chi connectivity index (χ2n) is 8.62. The predicted octanol–water partition coefficient (Wildman–Crippen LogP) is 3.64. The lowest BCUT2D eigenvalue weighted by atomic mass is 9.92. The van der Waals surface area contributed by atoms with Gasteiger partial charge in [-0.3, -0.25) is 4.79 Å². The van der Waals surface area contributed by atoms with Gasteiger partial charge in [0.05, 0.1) is 6.04 Å². The standard InChI is InChI=1S/C21H27N3O3/c1-21(2,3)27-20(26)24-10-6-8-15-12-23(13-18(15)24)19(25)17-11-14-7-4-5-9-16(14)22-17/h4-5,7,9,11,15,18,22H,6,8,10,12-13H2,1-3H3. The maximum absolute atomic E-state index is 13.0. The third-order valence-electron chi connectivity index (χ3n) is 5.46. The summed E-state index contributed by atoms with van der Waals surface area (Å²) in [4.78, 5) is 32.6. The van der Waals surface area contributed by atoms with Crippen LogP contribution < -0.4 is 0 Å². The highest BCUT2D eigenvalue weighted by molar-refractivity contribution is 5.98. The minimum absolute atomic E-state index is 0.00439. The summed E-state index contributed by atoms with van der Waals surface area (Å²) in [5.41, 5.74) is 1.06. The molecule has 1 aromatic carbocycles. The van der Waals surface area contributed by atoms with Crippen LogP contribution >= 0.6 is 0 Å². The van der Waals surface area contributed by atoms with Gasteiger partial charge in [0.2, 0.25) is 0 Å². The molecule has 0 saturated carbocycles. The lowest BCUT2D eigenvalue weighted by Crippen LogP contribution is -2.50. The smallest absolute Gasteiger partial charge is 0.410 e. The van der Waals surface area contributed by atoms with Gasteiger partial charge in [-0.1, -0.05) is 18.2 Å². The first-order valence-corrected chi connectivity index (χ1v) is 9.68. The van der Waals surface area contributed by atoms with E-state index in [1.807, 2.05) is 60.9 Å². The van der Waals surface area contributed by atoms with Gasteiger partial charge in [-0.2, -0.15) is 0 Å². The van der Waals surface area contributed by atoms with E-state index in [9.17, 15) is 9.59 Å². The summed E-state index contributed by atoms with van der Waals surface area (Å²) >= 11 is 0. The Labute approximate surface area is 159 Å². The number of nitrogens with one attached hydrogen (secondary N) is 1. The van der Waals surface area contributed by atoms with Gasteiger partial charge < -0.3 is 19.5 Å². The number of benzene rings is 1. The molecule has 0 spiro atoms. The number of rotatable bonds is 1. The van der Waals surface area contributed by atoms with E-state index in [0.29, 0.717) is 31.2 Å². The Kier molecular flexibility index (Phi) is 4.36. The topological polar surface area (TPSA) is 65.6 Å². The molecule has 3 heterocycles. The van der Waals surface area contributed by atoms with Crippen molar-refractivity contribution in [3.8, 4) is 0 Å². The summed E-state index contributed by atoms with van der Waals surface area (Å²) in [5.74, 6) is 0.323. The van der Waals surface area contributed by atoms with Crippen molar-refractivity contribution in [1.82, 2.24) is 14.8 Å². The largest absolute Gasteiger partial charge is 0.444 e. The number of para-hydroxylation sites is 1. The van der Waals surface area contributed by atoms with Crippen molar-refractivity contribution >= 4 is 22.9 Å². The highest BCUT2D eigenvalue weighted by Gasteiger charge is 2.44. The van der Waals surface area contributed by atoms with E-state index in [1.165, 1.54) is 0 Å². The van der Waals surface area contributed by atoms with Crippen molar-refractivity contribution in [2.45, 2.75) is 45.3 Å². The first-order chi connectivity index (χ1) is 12.8. The number of H-pyrrole nitrogens is 1. The highest BCUT2D eigenvalue weighted by Crippen LogP contribution is 2.32. The molecule has 6 nitrogen and oxygen atoms in total. The SMILES string of the molecule is CC(C)(C)OC(=O)N1CCCC2CN(C(=O)c3cc4ccccc4[nH]3)CC21. The molecule has 2 aliphatic heterocycles. The van der Waals surface area contributed by atoms with Crippen LogP contribution in [0.25, 0.3) is 10.9 Å². The zero-order chi connectivity index (χ0) is 19.2. The molecule has 27 heavy (non-hydrogen) atoms. The van der Waals surface area contributed by atoms with Crippen LogP contribution in [-0.4, -0.2) is 58.1 Å². The van der Waals surface area contributed by atoms with Crippen LogP contribution in [-0.2, 0) is 4.74 Å². The van der Waals surface area contributed by atoms with Crippen molar-refractivity contribution in [3.05, 3.63) is 36.0 Å². The van der Waals surface area contributed by atoms with Gasteiger partial charge in [0.1, 0.15) is 11.3 Å². The van der Waals surface area contributed by atoms with Crippen LogP contribution in [0.15, 0.2) is 30.3 Å². The summed E-state index contributed by atoms with van der Waals surface area (Å²) in [5, 5.41) is 1.04. The maximum atomic E-state index is 13.0. The Morgan fingerprint density at radius 1 is 1.19 bits per heavy atom. The molecule has 0 aliphatic carbocycles. The molecule has 1 N–H and O–H groups in total. The van der Waals surface area contributed by atoms with Crippen LogP contribution in [0.4, 0.5) is 4.79 Å². The van der Waals surface area contributed by atoms with Gasteiger partial charge in [0, 0.05) is 30.5 Å². The predicted molar refractivity (Wildman–Crippen MR) is 104 cm³/mol. The number of likely N-dealkylation sites (tertiary alicyclic amines) is 2. The van der Waals surface area contributed by atoms with Crippen LogP contribution in [0.3, 0.4) is 0 Å². The zero-order valence-corrected chi connectivity index (χ0v) is 16.2. The molecule has 0 radical (unpaired) electrons. The Morgan fingerprint density at radius 2 is 1.96 bits per heavy atom. The van der Waals surface area contributed by atoms with E-state index in [2.05, 4.69) is 4.98 Å². The molecule has 2 aliphatic rings. The van der Waals surface area contributed by atoms with E-state index in [1.54, 1.807) is 0 Å². The van der Waals surface area contributed by atoms with Gasteiger partial charge in [-0.05, 0) is 51.7 Å². The third kappa shape index (κ3) is 3.53. The fourth-order valence-electron chi connectivity index (χ4n) is 4.25. The van der Waals surface area contributed by atoms with E-state index in [-0.39, 0.29) is 18.0 Å². The van der Waals surface area contributed by atoms with Crippen LogP contribution in [0.1, 0.15) is 44.1 Å². The number of piperidine rings is 1. The van der Waals surface area contributed by atoms with Crippen molar-refractivity contribution in [1.29, 1.82) is 0 Å². The summed E-state index contributed by atoms with van der Waals surface area (Å²) in [6.07, 6.45) is 1.73. The number of hydrogen-bond acceptors (Lipinski definition) is 3. The van der Waals surface area contributed by atoms with Crippen molar-refractivity contribution in [2.24, 2.45) is 5.92 Å². The molecule has 4 rings (SSSR count). The number of aromatic amines is 1. The maximum Gasteiger partial charge on any atom is 0.410 e. The molecule has 2 atom stereocenters. The third-order valence-corrected chi connectivity index (χ3v) is 5.46. The van der Waals surface area contributed by atoms with Gasteiger partial charge in [-0.25, -0.2) is 4.79 Å². The number of nitrogens with zero attached hydrogens (tertiary/aromatic N) is 2. The molecule has 2 unspecified atom stereocenters. The van der Waals surface area contributed by atoms with Crippen LogP contribution in [0.5, 0.6) is 0 Å². The van der Waals surface area contributed by atoms with Gasteiger partial charge >= 0.3 is 6.09 Å². The molecular formula is C21H27N3O3. The van der Waals surface area contributed by atoms with E-state index >= 15 is 0 Å². The second-order valence-corrected chi connectivity index (χ2v) is 8.62. The molecule has 2 aromatic rings. The fraction of sp³-hybridized carbons (Fsp3) is 0.524. The molecule has 2 amide bonds. The van der Waals surface area contributed by atoms with Gasteiger partial charge in [0.25, 0.3) is 5.91 Å². The van der Waals surface area contributed by atoms with Gasteiger partial charge in [0.15, 0.2) is 0 Å². The van der Waals surface area contributed by atoms with E-state index < -0.39 is 5.60 Å². The lowest BCUT2D eigenvalue weighted by molar-refractivity contribution is 0.00615. The normalized spacial score (nSPS) is 22.8. The first-order valence-electron chi connectivity index (χ1n) is 9.68. The van der Waals surface area contributed by atoms with Gasteiger partial charge in [-0.15, -0.1) is 0 Å². The minimum atomic E-state index is -0.511. The molecule has 2 saturated heterocycles. The summed E-state index contributed by atoms with van der Waals surface area (Å²) in [6, 6.07) is 9.84. The number of ether oxygens (including phenoxy) is 1. The van der Waals surface area contributed by atoms with E-state index in [4.69, 9.17) is 4.74 Å². The second kappa shape index (κ2) is 6.59. The molecule has 144 valence electrons. The highest BCUT2D eigenvalue weighted by atomic mass is 16.6. The number of hydrogen-bond donors (Lipinski definition) is 1. The molecule has 0 bridgehead atoms. The Hall–Kier alpha value is -2.50. The van der Waals surface area contributed by atoms with Crippen LogP contribution in [0, 0.1) is 5.92 Å². The molecular weight excluding hydrogens is 342 g/mol. The van der Waals surface area contributed by atoms with E-state index in [0.717, 1.165) is 23.7 Å². The minimum Gasteiger partial charge on any atom is -0.444 e. The first kappa shape index (κ1) is 17.9. The summed E-state index contributed by atoms with van der Waals surface area (Å²) in [7, 11) is 0. The number of aromatic nitrogens is 1. The van der Waals surface area contributed by atoms with Crippen molar-refractivity contribution in [3.63, 3.8) is 0 Å². The number of carbonyl (C=O) groups is 2. The molecule has 6 heteroatoms. The fourth-order valence-corrected chi connectivity index (χ4v) is 4.25. The van der Waals surface area contributed by atoms with Crippen molar-refractivity contribution in [2.75, 3.05) is 19.6 Å².